The Hall–Kier alpha value is -2.08. The van der Waals surface area contributed by atoms with Crippen LogP contribution in [0.4, 0.5) is 10.1 Å². The van der Waals surface area contributed by atoms with Crippen LogP contribution < -0.4 is 5.32 Å². The van der Waals surface area contributed by atoms with Crippen molar-refractivity contribution in [2.75, 3.05) is 18.5 Å². The molecule has 1 aromatic carbocycles. The van der Waals surface area contributed by atoms with Gasteiger partial charge in [0, 0.05) is 6.20 Å². The molecule has 0 amide bonds. The number of nitrogens with one attached hydrogen (secondary N) is 1. The number of benzene rings is 1. The number of ether oxygens (including phenoxy) is 2. The molecule has 0 unspecified atom stereocenters. The van der Waals surface area contributed by atoms with Crippen LogP contribution in [0, 0.1) is 5.82 Å². The summed E-state index contributed by atoms with van der Waals surface area (Å²) in [6.45, 7) is 3.38. The zero-order chi connectivity index (χ0) is 15.8. The van der Waals surface area contributed by atoms with Crippen molar-refractivity contribution in [2.45, 2.75) is 13.8 Å². The van der Waals surface area contributed by atoms with Crippen molar-refractivity contribution in [3.05, 3.63) is 40.8 Å². The molecule has 1 aromatic rings. The van der Waals surface area contributed by atoms with Crippen molar-refractivity contribution in [1.82, 2.24) is 0 Å². The maximum atomic E-state index is 13.6. The first-order valence-corrected chi connectivity index (χ1v) is 6.64. The Morgan fingerprint density at radius 2 is 1.81 bits per heavy atom. The van der Waals surface area contributed by atoms with Crippen LogP contribution in [0.1, 0.15) is 13.8 Å². The van der Waals surface area contributed by atoms with Crippen LogP contribution in [0.15, 0.2) is 30.0 Å². The van der Waals surface area contributed by atoms with Crippen molar-refractivity contribution in [2.24, 2.45) is 0 Å². The van der Waals surface area contributed by atoms with Crippen molar-refractivity contribution in [3.63, 3.8) is 0 Å². The van der Waals surface area contributed by atoms with E-state index in [1.165, 1.54) is 18.2 Å². The van der Waals surface area contributed by atoms with Gasteiger partial charge >= 0.3 is 11.9 Å². The molecule has 7 heteroatoms. The molecule has 0 spiro atoms. The molecule has 0 saturated carbocycles. The van der Waals surface area contributed by atoms with Gasteiger partial charge in [-0.3, -0.25) is 0 Å². The van der Waals surface area contributed by atoms with Gasteiger partial charge in [0.15, 0.2) is 5.57 Å². The number of hydrogen-bond acceptors (Lipinski definition) is 5. The van der Waals surface area contributed by atoms with Crippen LogP contribution in [-0.4, -0.2) is 25.2 Å². The van der Waals surface area contributed by atoms with E-state index in [-0.39, 0.29) is 29.5 Å². The van der Waals surface area contributed by atoms with Crippen molar-refractivity contribution in [1.29, 1.82) is 0 Å². The third-order valence-electron chi connectivity index (χ3n) is 2.31. The Morgan fingerprint density at radius 1 is 1.24 bits per heavy atom. The molecule has 0 aliphatic rings. The lowest BCUT2D eigenvalue weighted by atomic mass is 10.2. The first kappa shape index (κ1) is 17.0. The average molecular weight is 316 g/mol. The Morgan fingerprint density at radius 3 is 2.29 bits per heavy atom. The monoisotopic (exact) mass is 315 g/mol. The van der Waals surface area contributed by atoms with E-state index < -0.39 is 17.8 Å². The standard InChI is InChI=1S/C14H15ClFNO4/c1-3-20-13(18)9(14(19)21-4-2)8-17-12-10(15)6-5-7-11(12)16/h5-8,17H,3-4H2,1-2H3. The van der Waals surface area contributed by atoms with Crippen LogP contribution in [0.2, 0.25) is 5.02 Å². The highest BCUT2D eigenvalue weighted by atomic mass is 35.5. The van der Waals surface area contributed by atoms with E-state index in [4.69, 9.17) is 21.1 Å². The third kappa shape index (κ3) is 4.75. The number of rotatable bonds is 6. The van der Waals surface area contributed by atoms with Gasteiger partial charge in [-0.05, 0) is 26.0 Å². The molecule has 114 valence electrons. The molecular weight excluding hydrogens is 301 g/mol. The lowest BCUT2D eigenvalue weighted by Crippen LogP contribution is -2.19. The average Bonchev–Trinajstić information content (AvgIpc) is 2.42. The summed E-state index contributed by atoms with van der Waals surface area (Å²) in [6, 6.07) is 4.09. The number of hydrogen-bond donors (Lipinski definition) is 1. The normalized spacial score (nSPS) is 9.71. The topological polar surface area (TPSA) is 64.6 Å². The molecule has 0 heterocycles. The summed E-state index contributed by atoms with van der Waals surface area (Å²) in [5, 5.41) is 2.60. The highest BCUT2D eigenvalue weighted by Crippen LogP contribution is 2.24. The molecule has 0 aromatic heterocycles. The second-order valence-electron chi connectivity index (χ2n) is 3.74. The van der Waals surface area contributed by atoms with Gasteiger partial charge in [-0.15, -0.1) is 0 Å². The van der Waals surface area contributed by atoms with Crippen LogP contribution in [-0.2, 0) is 19.1 Å². The van der Waals surface area contributed by atoms with Gasteiger partial charge in [0.25, 0.3) is 0 Å². The summed E-state index contributed by atoms with van der Waals surface area (Å²) in [5.74, 6) is -2.35. The summed E-state index contributed by atoms with van der Waals surface area (Å²) in [6.07, 6.45) is 1.01. The van der Waals surface area contributed by atoms with E-state index in [1.54, 1.807) is 13.8 Å². The van der Waals surface area contributed by atoms with Gasteiger partial charge < -0.3 is 14.8 Å². The minimum Gasteiger partial charge on any atom is -0.462 e. The fourth-order valence-corrected chi connectivity index (χ4v) is 1.62. The predicted octanol–water partition coefficient (Wildman–Crippen LogP) is 2.90. The molecule has 0 radical (unpaired) electrons. The van der Waals surface area contributed by atoms with Crippen LogP contribution >= 0.6 is 11.6 Å². The first-order chi connectivity index (χ1) is 10.0. The molecule has 0 fully saturated rings. The fraction of sp³-hybridized carbons (Fsp3) is 0.286. The van der Waals surface area contributed by atoms with E-state index in [1.807, 2.05) is 0 Å². The predicted molar refractivity (Wildman–Crippen MR) is 76.4 cm³/mol. The second kappa shape index (κ2) is 8.26. The minimum absolute atomic E-state index is 0.0507. The van der Waals surface area contributed by atoms with Crippen LogP contribution in [0.5, 0.6) is 0 Å². The van der Waals surface area contributed by atoms with Crippen molar-refractivity contribution in [3.8, 4) is 0 Å². The largest absolute Gasteiger partial charge is 0.462 e. The van der Waals surface area contributed by atoms with Gasteiger partial charge in [0.2, 0.25) is 0 Å². The van der Waals surface area contributed by atoms with Gasteiger partial charge in [0.1, 0.15) is 5.82 Å². The Balaban J connectivity index is 3.02. The number of para-hydroxylation sites is 1. The van der Waals surface area contributed by atoms with E-state index >= 15 is 0 Å². The highest BCUT2D eigenvalue weighted by molar-refractivity contribution is 6.33. The van der Waals surface area contributed by atoms with Crippen molar-refractivity contribution >= 4 is 29.2 Å². The maximum Gasteiger partial charge on any atom is 0.347 e. The Bertz CT molecular complexity index is 520. The molecule has 0 saturated heterocycles. The number of carbonyl (C=O) groups excluding carboxylic acids is 2. The number of halogens is 2. The molecule has 1 N–H and O–H groups in total. The minimum atomic E-state index is -0.865. The lowest BCUT2D eigenvalue weighted by Gasteiger charge is -2.09. The Kier molecular flexibility index (Phi) is 6.68. The second-order valence-corrected chi connectivity index (χ2v) is 4.15. The smallest absolute Gasteiger partial charge is 0.347 e. The van der Waals surface area contributed by atoms with E-state index in [9.17, 15) is 14.0 Å². The van der Waals surface area contributed by atoms with Gasteiger partial charge in [-0.1, -0.05) is 17.7 Å². The third-order valence-corrected chi connectivity index (χ3v) is 2.63. The van der Waals surface area contributed by atoms with E-state index in [0.717, 1.165) is 6.20 Å². The van der Waals surface area contributed by atoms with Crippen LogP contribution in [0.3, 0.4) is 0 Å². The lowest BCUT2D eigenvalue weighted by molar-refractivity contribution is -0.146. The summed E-state index contributed by atoms with van der Waals surface area (Å²) in [7, 11) is 0. The number of carbonyl (C=O) groups is 2. The molecule has 0 bridgehead atoms. The summed E-state index contributed by atoms with van der Waals surface area (Å²) < 4.78 is 23.1. The quantitative estimate of drug-likeness (QED) is 0.378. The molecule has 0 aliphatic heterocycles. The van der Waals surface area contributed by atoms with Crippen LogP contribution in [0.25, 0.3) is 0 Å². The van der Waals surface area contributed by atoms with Crippen molar-refractivity contribution < 1.29 is 23.5 Å². The Labute approximate surface area is 126 Å². The van der Waals surface area contributed by atoms with E-state index in [2.05, 4.69) is 5.32 Å². The van der Waals surface area contributed by atoms with Gasteiger partial charge in [0.05, 0.1) is 23.9 Å². The fourth-order valence-electron chi connectivity index (χ4n) is 1.40. The zero-order valence-electron chi connectivity index (χ0n) is 11.6. The van der Waals surface area contributed by atoms with E-state index in [0.29, 0.717) is 0 Å². The molecular formula is C14H15ClFNO4. The molecule has 0 aliphatic carbocycles. The number of esters is 2. The highest BCUT2D eigenvalue weighted by Gasteiger charge is 2.21. The summed E-state index contributed by atoms with van der Waals surface area (Å²) >= 11 is 5.83. The molecule has 1 rings (SSSR count). The molecule has 5 nitrogen and oxygen atoms in total. The summed E-state index contributed by atoms with van der Waals surface area (Å²) in [4.78, 5) is 23.4. The zero-order valence-corrected chi connectivity index (χ0v) is 12.4. The maximum absolute atomic E-state index is 13.6. The summed E-state index contributed by atoms with van der Waals surface area (Å²) in [5.41, 5.74) is -0.428. The first-order valence-electron chi connectivity index (χ1n) is 6.26. The molecule has 0 atom stereocenters. The number of anilines is 1. The SMILES string of the molecule is CCOC(=O)C(=CNc1c(F)cccc1Cl)C(=O)OCC. The van der Waals surface area contributed by atoms with Gasteiger partial charge in [-0.2, -0.15) is 0 Å². The molecule has 21 heavy (non-hydrogen) atoms. The van der Waals surface area contributed by atoms with Gasteiger partial charge in [-0.25, -0.2) is 14.0 Å².